The van der Waals surface area contributed by atoms with Crippen molar-refractivity contribution < 1.29 is 0 Å². The molecule has 1 unspecified atom stereocenters. The van der Waals surface area contributed by atoms with Gasteiger partial charge in [0, 0.05) is 33.6 Å². The second-order valence-electron chi connectivity index (χ2n) is 5.00. The van der Waals surface area contributed by atoms with Crippen molar-refractivity contribution in [2.75, 3.05) is 13.6 Å². The van der Waals surface area contributed by atoms with Gasteiger partial charge < -0.3 is 5.73 Å². The Hall–Kier alpha value is -0.580. The van der Waals surface area contributed by atoms with Crippen LogP contribution in [0.25, 0.3) is 0 Å². The maximum absolute atomic E-state index is 6.08. The SMILES string of the molecule is CN(Cc1ccc(Br)cc1)C(CN)c1cc(Cl)cc(Cl)c1. The van der Waals surface area contributed by atoms with Crippen molar-refractivity contribution in [3.8, 4) is 0 Å². The van der Waals surface area contributed by atoms with Gasteiger partial charge in [-0.1, -0.05) is 51.3 Å². The molecule has 0 bridgehead atoms. The number of nitrogens with two attached hydrogens (primary N) is 1. The first kappa shape index (κ1) is 16.8. The minimum Gasteiger partial charge on any atom is -0.329 e. The molecule has 112 valence electrons. The molecule has 21 heavy (non-hydrogen) atoms. The lowest BCUT2D eigenvalue weighted by Crippen LogP contribution is -2.30. The monoisotopic (exact) mass is 386 g/mol. The van der Waals surface area contributed by atoms with Crippen LogP contribution in [0.5, 0.6) is 0 Å². The maximum atomic E-state index is 6.08. The zero-order valence-corrected chi connectivity index (χ0v) is 14.8. The second-order valence-corrected chi connectivity index (χ2v) is 6.78. The van der Waals surface area contributed by atoms with Gasteiger partial charge in [-0.3, -0.25) is 4.90 Å². The van der Waals surface area contributed by atoms with Crippen molar-refractivity contribution in [3.05, 3.63) is 68.1 Å². The first-order valence-electron chi connectivity index (χ1n) is 6.60. The number of rotatable bonds is 5. The van der Waals surface area contributed by atoms with E-state index >= 15 is 0 Å². The molecule has 2 aromatic carbocycles. The van der Waals surface area contributed by atoms with E-state index in [9.17, 15) is 0 Å². The largest absolute Gasteiger partial charge is 0.329 e. The van der Waals surface area contributed by atoms with E-state index in [1.165, 1.54) is 5.56 Å². The van der Waals surface area contributed by atoms with Crippen molar-refractivity contribution in [1.82, 2.24) is 4.90 Å². The van der Waals surface area contributed by atoms with Crippen LogP contribution in [-0.4, -0.2) is 18.5 Å². The van der Waals surface area contributed by atoms with E-state index in [1.807, 2.05) is 31.3 Å². The van der Waals surface area contributed by atoms with Gasteiger partial charge in [-0.05, 0) is 48.5 Å². The molecule has 0 saturated carbocycles. The van der Waals surface area contributed by atoms with Crippen molar-refractivity contribution in [2.24, 2.45) is 5.73 Å². The third-order valence-corrected chi connectivity index (χ3v) is 4.34. The summed E-state index contributed by atoms with van der Waals surface area (Å²) >= 11 is 15.6. The van der Waals surface area contributed by atoms with E-state index in [0.717, 1.165) is 16.6 Å². The predicted octanol–water partition coefficient (Wildman–Crippen LogP) is 4.89. The van der Waals surface area contributed by atoms with E-state index in [0.29, 0.717) is 16.6 Å². The molecule has 0 aliphatic rings. The lowest BCUT2D eigenvalue weighted by atomic mass is 10.0. The maximum Gasteiger partial charge on any atom is 0.0472 e. The van der Waals surface area contributed by atoms with Crippen molar-refractivity contribution >= 4 is 39.1 Å². The zero-order valence-electron chi connectivity index (χ0n) is 11.7. The molecule has 2 rings (SSSR count). The Bertz CT molecular complexity index is 581. The zero-order chi connectivity index (χ0) is 15.4. The summed E-state index contributed by atoms with van der Waals surface area (Å²) < 4.78 is 1.07. The Morgan fingerprint density at radius 2 is 1.67 bits per heavy atom. The molecule has 2 aromatic rings. The van der Waals surface area contributed by atoms with Gasteiger partial charge in [-0.2, -0.15) is 0 Å². The summed E-state index contributed by atoms with van der Waals surface area (Å²) in [6.45, 7) is 1.31. The number of halogens is 3. The average Bonchev–Trinajstić information content (AvgIpc) is 2.41. The number of nitrogens with zero attached hydrogens (tertiary/aromatic N) is 1. The minimum atomic E-state index is 0.0739. The van der Waals surface area contributed by atoms with Gasteiger partial charge in [0.1, 0.15) is 0 Å². The van der Waals surface area contributed by atoms with Gasteiger partial charge in [-0.25, -0.2) is 0 Å². The van der Waals surface area contributed by atoms with Crippen LogP contribution in [0.4, 0.5) is 0 Å². The average molecular weight is 388 g/mol. The predicted molar refractivity (Wildman–Crippen MR) is 93.9 cm³/mol. The molecule has 2 N–H and O–H groups in total. The van der Waals surface area contributed by atoms with Gasteiger partial charge in [-0.15, -0.1) is 0 Å². The molecule has 0 aromatic heterocycles. The van der Waals surface area contributed by atoms with E-state index in [-0.39, 0.29) is 6.04 Å². The molecule has 0 spiro atoms. The van der Waals surface area contributed by atoms with Gasteiger partial charge in [0.25, 0.3) is 0 Å². The Morgan fingerprint density at radius 3 is 2.19 bits per heavy atom. The van der Waals surface area contributed by atoms with Gasteiger partial charge >= 0.3 is 0 Å². The van der Waals surface area contributed by atoms with E-state index in [1.54, 1.807) is 6.07 Å². The molecule has 0 aliphatic carbocycles. The van der Waals surface area contributed by atoms with Crippen LogP contribution in [0, 0.1) is 0 Å². The van der Waals surface area contributed by atoms with Crippen molar-refractivity contribution in [3.63, 3.8) is 0 Å². The summed E-state index contributed by atoms with van der Waals surface area (Å²) in [6, 6.07) is 13.9. The lowest BCUT2D eigenvalue weighted by molar-refractivity contribution is 0.242. The summed E-state index contributed by atoms with van der Waals surface area (Å²) in [5.41, 5.74) is 8.21. The summed E-state index contributed by atoms with van der Waals surface area (Å²) in [7, 11) is 2.05. The number of hydrogen-bond donors (Lipinski definition) is 1. The standard InChI is InChI=1S/C16H17BrCl2N2/c1-21(10-11-2-4-13(17)5-3-11)16(9-20)12-6-14(18)8-15(19)7-12/h2-8,16H,9-10,20H2,1H3. The highest BCUT2D eigenvalue weighted by molar-refractivity contribution is 9.10. The fourth-order valence-electron chi connectivity index (χ4n) is 2.33. The highest BCUT2D eigenvalue weighted by Crippen LogP contribution is 2.27. The van der Waals surface area contributed by atoms with Crippen LogP contribution < -0.4 is 5.73 Å². The topological polar surface area (TPSA) is 29.3 Å². The Morgan fingerprint density at radius 1 is 1.10 bits per heavy atom. The van der Waals surface area contributed by atoms with Gasteiger partial charge in [0.05, 0.1) is 0 Å². The molecule has 0 fully saturated rings. The fraction of sp³-hybridized carbons (Fsp3) is 0.250. The van der Waals surface area contributed by atoms with Crippen molar-refractivity contribution in [1.29, 1.82) is 0 Å². The molecule has 0 amide bonds. The van der Waals surface area contributed by atoms with Crippen LogP contribution in [0.2, 0.25) is 10.0 Å². The molecule has 1 atom stereocenters. The molecule has 0 heterocycles. The summed E-state index contributed by atoms with van der Waals surface area (Å²) in [6.07, 6.45) is 0. The van der Waals surface area contributed by atoms with E-state index in [2.05, 4.69) is 33.0 Å². The highest BCUT2D eigenvalue weighted by Gasteiger charge is 2.16. The Balaban J connectivity index is 2.17. The first-order chi connectivity index (χ1) is 9.99. The molecule has 5 heteroatoms. The third kappa shape index (κ3) is 4.70. The smallest absolute Gasteiger partial charge is 0.0472 e. The molecule has 2 nitrogen and oxygen atoms in total. The molecular formula is C16H17BrCl2N2. The van der Waals surface area contributed by atoms with Crippen LogP contribution in [0.15, 0.2) is 46.9 Å². The number of likely N-dealkylation sites (N-methyl/N-ethyl adjacent to an activating group) is 1. The van der Waals surface area contributed by atoms with Crippen LogP contribution in [0.3, 0.4) is 0 Å². The Labute approximate surface area is 144 Å². The van der Waals surface area contributed by atoms with Crippen molar-refractivity contribution in [2.45, 2.75) is 12.6 Å². The summed E-state index contributed by atoms with van der Waals surface area (Å²) in [5, 5.41) is 1.26. The van der Waals surface area contributed by atoms with Gasteiger partial charge in [0.15, 0.2) is 0 Å². The highest BCUT2D eigenvalue weighted by atomic mass is 79.9. The fourth-order valence-corrected chi connectivity index (χ4v) is 3.13. The molecular weight excluding hydrogens is 371 g/mol. The number of hydrogen-bond acceptors (Lipinski definition) is 2. The minimum absolute atomic E-state index is 0.0739. The van der Waals surface area contributed by atoms with E-state index in [4.69, 9.17) is 28.9 Å². The number of benzene rings is 2. The summed E-state index contributed by atoms with van der Waals surface area (Å²) in [5.74, 6) is 0. The van der Waals surface area contributed by atoms with Crippen LogP contribution in [0.1, 0.15) is 17.2 Å². The quantitative estimate of drug-likeness (QED) is 0.791. The van der Waals surface area contributed by atoms with E-state index < -0.39 is 0 Å². The lowest BCUT2D eigenvalue weighted by Gasteiger charge is -2.27. The van der Waals surface area contributed by atoms with Crippen LogP contribution >= 0.6 is 39.1 Å². The van der Waals surface area contributed by atoms with Crippen LogP contribution in [-0.2, 0) is 6.54 Å². The first-order valence-corrected chi connectivity index (χ1v) is 8.15. The molecule has 0 saturated heterocycles. The normalized spacial score (nSPS) is 12.7. The molecule has 0 aliphatic heterocycles. The molecule has 0 radical (unpaired) electrons. The third-order valence-electron chi connectivity index (χ3n) is 3.37. The van der Waals surface area contributed by atoms with Gasteiger partial charge in [0.2, 0.25) is 0 Å². The second kappa shape index (κ2) is 7.61. The summed E-state index contributed by atoms with van der Waals surface area (Å²) in [4.78, 5) is 2.20. The Kier molecular flexibility index (Phi) is 6.08.